The molecular formula is C16H13BrFN3O2. The summed E-state index contributed by atoms with van der Waals surface area (Å²) in [5.74, 6) is -1.77. The van der Waals surface area contributed by atoms with Crippen LogP contribution in [0.5, 0.6) is 0 Å². The number of carbonyl (C=O) groups is 2. The van der Waals surface area contributed by atoms with Crippen LogP contribution in [0.4, 0.5) is 10.1 Å². The number of carbonyl (C=O) groups excluding carboxylic acids is 2. The highest BCUT2D eigenvalue weighted by molar-refractivity contribution is 9.10. The lowest BCUT2D eigenvalue weighted by Crippen LogP contribution is -2.24. The van der Waals surface area contributed by atoms with Gasteiger partial charge in [-0.2, -0.15) is 5.10 Å². The Labute approximate surface area is 140 Å². The van der Waals surface area contributed by atoms with E-state index >= 15 is 0 Å². The van der Waals surface area contributed by atoms with Gasteiger partial charge in [0.2, 0.25) is 11.8 Å². The fourth-order valence-corrected chi connectivity index (χ4v) is 1.93. The van der Waals surface area contributed by atoms with Crippen molar-refractivity contribution in [2.75, 3.05) is 5.32 Å². The Balaban J connectivity index is 1.81. The molecule has 2 aromatic rings. The van der Waals surface area contributed by atoms with Crippen molar-refractivity contribution in [2.24, 2.45) is 5.10 Å². The van der Waals surface area contributed by atoms with Crippen LogP contribution in [0.1, 0.15) is 12.0 Å². The number of halogens is 2. The van der Waals surface area contributed by atoms with Gasteiger partial charge in [0.25, 0.3) is 0 Å². The largest absolute Gasteiger partial charge is 0.323 e. The molecule has 0 aliphatic carbocycles. The van der Waals surface area contributed by atoms with Crippen molar-refractivity contribution < 1.29 is 14.0 Å². The van der Waals surface area contributed by atoms with Crippen molar-refractivity contribution in [3.63, 3.8) is 0 Å². The molecule has 0 fully saturated rings. The minimum absolute atomic E-state index is 0.0312. The molecule has 2 aromatic carbocycles. The average molecular weight is 378 g/mol. The molecule has 0 saturated heterocycles. The maximum Gasteiger partial charge on any atom is 0.249 e. The lowest BCUT2D eigenvalue weighted by Gasteiger charge is -2.05. The molecule has 0 aliphatic heterocycles. The molecule has 0 heterocycles. The van der Waals surface area contributed by atoms with Gasteiger partial charge in [-0.25, -0.2) is 9.82 Å². The molecule has 0 radical (unpaired) electrons. The lowest BCUT2D eigenvalue weighted by atomic mass is 10.2. The first-order chi connectivity index (χ1) is 11.0. The van der Waals surface area contributed by atoms with Gasteiger partial charge in [0.15, 0.2) is 0 Å². The van der Waals surface area contributed by atoms with E-state index in [1.807, 2.05) is 24.3 Å². The minimum Gasteiger partial charge on any atom is -0.323 e. The number of hydrogen-bond acceptors (Lipinski definition) is 3. The zero-order chi connectivity index (χ0) is 16.7. The second-order valence-corrected chi connectivity index (χ2v) is 5.47. The topological polar surface area (TPSA) is 70.6 Å². The van der Waals surface area contributed by atoms with Crippen LogP contribution >= 0.6 is 15.9 Å². The predicted octanol–water partition coefficient (Wildman–Crippen LogP) is 3.07. The maximum atomic E-state index is 13.4. The van der Waals surface area contributed by atoms with Crippen LogP contribution in [-0.4, -0.2) is 18.0 Å². The third kappa shape index (κ3) is 5.63. The van der Waals surface area contributed by atoms with E-state index in [9.17, 15) is 14.0 Å². The summed E-state index contributed by atoms with van der Waals surface area (Å²) in [5, 5.41) is 6.08. The van der Waals surface area contributed by atoms with E-state index in [4.69, 9.17) is 0 Å². The number of benzene rings is 2. The highest BCUT2D eigenvalue weighted by Crippen LogP contribution is 2.12. The van der Waals surface area contributed by atoms with E-state index < -0.39 is 24.1 Å². The van der Waals surface area contributed by atoms with Crippen LogP contribution in [0, 0.1) is 5.82 Å². The van der Waals surface area contributed by atoms with Crippen molar-refractivity contribution in [3.8, 4) is 0 Å². The first kappa shape index (κ1) is 16.8. The molecule has 7 heteroatoms. The number of anilines is 1. The monoisotopic (exact) mass is 377 g/mol. The number of nitrogens with one attached hydrogen (secondary N) is 2. The molecule has 2 N–H and O–H groups in total. The number of nitrogens with zero attached hydrogens (tertiary/aromatic N) is 1. The molecule has 0 bridgehead atoms. The van der Waals surface area contributed by atoms with Crippen LogP contribution in [-0.2, 0) is 9.59 Å². The zero-order valence-corrected chi connectivity index (χ0v) is 13.5. The van der Waals surface area contributed by atoms with Gasteiger partial charge in [0.05, 0.1) is 11.9 Å². The van der Waals surface area contributed by atoms with E-state index in [1.165, 1.54) is 24.4 Å². The quantitative estimate of drug-likeness (QED) is 0.477. The molecule has 0 aliphatic rings. The summed E-state index contributed by atoms with van der Waals surface area (Å²) < 4.78 is 14.3. The Kier molecular flexibility index (Phi) is 5.99. The molecule has 0 saturated carbocycles. The summed E-state index contributed by atoms with van der Waals surface area (Å²) in [4.78, 5) is 23.2. The summed E-state index contributed by atoms with van der Waals surface area (Å²) in [5.41, 5.74) is 3.07. The number of amides is 2. The van der Waals surface area contributed by atoms with E-state index in [2.05, 4.69) is 31.8 Å². The smallest absolute Gasteiger partial charge is 0.249 e. The van der Waals surface area contributed by atoms with Crippen molar-refractivity contribution >= 4 is 39.6 Å². The van der Waals surface area contributed by atoms with Gasteiger partial charge < -0.3 is 5.32 Å². The lowest BCUT2D eigenvalue weighted by molar-refractivity contribution is -0.126. The Morgan fingerprint density at radius 3 is 2.48 bits per heavy atom. The van der Waals surface area contributed by atoms with Crippen LogP contribution in [0.25, 0.3) is 0 Å². The molecule has 0 aromatic heterocycles. The standard InChI is InChI=1S/C16H13BrFN3O2/c17-12-7-5-11(6-8-12)10-19-21-16(23)9-15(22)20-14-4-2-1-3-13(14)18/h1-8,10H,9H2,(H,20,22)(H,21,23). The second-order valence-electron chi connectivity index (χ2n) is 4.55. The van der Waals surface area contributed by atoms with Gasteiger partial charge in [0, 0.05) is 4.47 Å². The van der Waals surface area contributed by atoms with Crippen LogP contribution < -0.4 is 10.7 Å². The molecule has 0 atom stereocenters. The van der Waals surface area contributed by atoms with Crippen LogP contribution in [0.15, 0.2) is 58.1 Å². The van der Waals surface area contributed by atoms with Gasteiger partial charge in [-0.15, -0.1) is 0 Å². The van der Waals surface area contributed by atoms with Crippen molar-refractivity contribution in [1.82, 2.24) is 5.43 Å². The molecule has 5 nitrogen and oxygen atoms in total. The van der Waals surface area contributed by atoms with Crippen LogP contribution in [0.2, 0.25) is 0 Å². The number of rotatable bonds is 5. The Morgan fingerprint density at radius 2 is 1.78 bits per heavy atom. The summed E-state index contributed by atoms with van der Waals surface area (Å²) in [6, 6.07) is 13.0. The number of hydrogen-bond donors (Lipinski definition) is 2. The minimum atomic E-state index is -0.619. The first-order valence-electron chi connectivity index (χ1n) is 6.66. The normalized spacial score (nSPS) is 10.5. The molecule has 0 spiro atoms. The fraction of sp³-hybridized carbons (Fsp3) is 0.0625. The van der Waals surface area contributed by atoms with E-state index in [1.54, 1.807) is 6.07 Å². The van der Waals surface area contributed by atoms with E-state index in [0.29, 0.717) is 0 Å². The zero-order valence-electron chi connectivity index (χ0n) is 11.9. The SMILES string of the molecule is O=C(CC(=O)Nc1ccccc1F)NN=Cc1ccc(Br)cc1. The fourth-order valence-electron chi connectivity index (χ4n) is 1.67. The summed E-state index contributed by atoms with van der Waals surface area (Å²) in [7, 11) is 0. The third-order valence-electron chi connectivity index (χ3n) is 2.74. The van der Waals surface area contributed by atoms with Crippen LogP contribution in [0.3, 0.4) is 0 Å². The first-order valence-corrected chi connectivity index (χ1v) is 7.46. The molecule has 2 amide bonds. The molecule has 0 unspecified atom stereocenters. The summed E-state index contributed by atoms with van der Waals surface area (Å²) in [6.45, 7) is 0. The van der Waals surface area contributed by atoms with Gasteiger partial charge in [-0.1, -0.05) is 40.2 Å². The highest BCUT2D eigenvalue weighted by Gasteiger charge is 2.10. The predicted molar refractivity (Wildman–Crippen MR) is 89.5 cm³/mol. The van der Waals surface area contributed by atoms with Gasteiger partial charge >= 0.3 is 0 Å². The second kappa shape index (κ2) is 8.19. The maximum absolute atomic E-state index is 13.4. The molecule has 118 valence electrons. The van der Waals surface area contributed by atoms with E-state index in [-0.39, 0.29) is 5.69 Å². The number of hydrazone groups is 1. The van der Waals surface area contributed by atoms with Gasteiger partial charge in [-0.3, -0.25) is 9.59 Å². The number of para-hydroxylation sites is 1. The van der Waals surface area contributed by atoms with Crippen molar-refractivity contribution in [1.29, 1.82) is 0 Å². The summed E-state index contributed by atoms with van der Waals surface area (Å²) >= 11 is 3.31. The van der Waals surface area contributed by atoms with Crippen molar-refractivity contribution in [3.05, 3.63) is 64.4 Å². The van der Waals surface area contributed by atoms with Crippen molar-refractivity contribution in [2.45, 2.75) is 6.42 Å². The third-order valence-corrected chi connectivity index (χ3v) is 3.27. The highest BCUT2D eigenvalue weighted by atomic mass is 79.9. The Morgan fingerprint density at radius 1 is 1.09 bits per heavy atom. The molecular weight excluding hydrogens is 365 g/mol. The van der Waals surface area contributed by atoms with E-state index in [0.717, 1.165) is 10.0 Å². The van der Waals surface area contributed by atoms with Gasteiger partial charge in [0.1, 0.15) is 12.2 Å². The molecule has 2 rings (SSSR count). The molecule has 23 heavy (non-hydrogen) atoms. The Bertz CT molecular complexity index is 732. The van der Waals surface area contributed by atoms with Gasteiger partial charge in [-0.05, 0) is 29.8 Å². The Hall–Kier alpha value is -2.54. The summed E-state index contributed by atoms with van der Waals surface area (Å²) in [6.07, 6.45) is 1.01. The average Bonchev–Trinajstić information content (AvgIpc) is 2.51.